The zero-order valence-corrected chi connectivity index (χ0v) is 12.2. The number of anilines is 1. The maximum Gasteiger partial charge on any atom is 0.335 e. The second-order valence-electron chi connectivity index (χ2n) is 6.30. The van der Waals surface area contributed by atoms with Gasteiger partial charge in [0.25, 0.3) is 0 Å². The summed E-state index contributed by atoms with van der Waals surface area (Å²) in [6.07, 6.45) is 7.43. The van der Waals surface area contributed by atoms with E-state index >= 15 is 0 Å². The molecular weight excluding hydrogens is 250 g/mol. The third-order valence-corrected chi connectivity index (χ3v) is 4.95. The number of benzene rings is 1. The minimum atomic E-state index is -0.812. The molecule has 1 aromatic carbocycles. The largest absolute Gasteiger partial charge is 0.478 e. The third kappa shape index (κ3) is 2.09. The van der Waals surface area contributed by atoms with E-state index in [0.717, 1.165) is 19.5 Å². The summed E-state index contributed by atoms with van der Waals surface area (Å²) in [6.45, 7) is 4.36. The van der Waals surface area contributed by atoms with Crippen molar-refractivity contribution >= 4 is 11.7 Å². The van der Waals surface area contributed by atoms with Crippen molar-refractivity contribution in [2.24, 2.45) is 0 Å². The number of aromatic carboxylic acids is 1. The van der Waals surface area contributed by atoms with Crippen LogP contribution in [0.2, 0.25) is 0 Å². The van der Waals surface area contributed by atoms with Gasteiger partial charge in [-0.05, 0) is 43.0 Å². The monoisotopic (exact) mass is 273 g/mol. The summed E-state index contributed by atoms with van der Waals surface area (Å²) in [6, 6.07) is 5.72. The molecule has 108 valence electrons. The Hall–Kier alpha value is -1.51. The Morgan fingerprint density at radius 1 is 1.30 bits per heavy atom. The minimum absolute atomic E-state index is 0.216. The number of rotatable bonds is 3. The highest BCUT2D eigenvalue weighted by Crippen LogP contribution is 2.49. The molecule has 1 aromatic rings. The Kier molecular flexibility index (Phi) is 3.45. The zero-order chi connectivity index (χ0) is 14.2. The van der Waals surface area contributed by atoms with Crippen LogP contribution in [0.1, 0.15) is 61.4 Å². The topological polar surface area (TPSA) is 40.5 Å². The van der Waals surface area contributed by atoms with Crippen LogP contribution in [0, 0.1) is 0 Å². The Morgan fingerprint density at radius 2 is 2.05 bits per heavy atom. The fourth-order valence-corrected chi connectivity index (χ4v) is 4.03. The van der Waals surface area contributed by atoms with Gasteiger partial charge in [0, 0.05) is 24.2 Å². The van der Waals surface area contributed by atoms with Gasteiger partial charge in [0.15, 0.2) is 0 Å². The molecule has 2 aliphatic rings. The summed E-state index contributed by atoms with van der Waals surface area (Å²) in [5.74, 6) is -0.812. The molecule has 0 radical (unpaired) electrons. The summed E-state index contributed by atoms with van der Waals surface area (Å²) in [5, 5.41) is 9.26. The van der Waals surface area contributed by atoms with E-state index in [1.165, 1.54) is 43.4 Å². The SMILES string of the molecule is CCCN1CC2(CCCCC2)c2cc(C(=O)O)ccc21. The van der Waals surface area contributed by atoms with Gasteiger partial charge in [0.05, 0.1) is 5.56 Å². The van der Waals surface area contributed by atoms with Crippen LogP contribution in [0.15, 0.2) is 18.2 Å². The third-order valence-electron chi connectivity index (χ3n) is 4.95. The normalized spacial score (nSPS) is 20.1. The Morgan fingerprint density at radius 3 is 2.70 bits per heavy atom. The highest BCUT2D eigenvalue weighted by Gasteiger charge is 2.43. The lowest BCUT2D eigenvalue weighted by Gasteiger charge is -2.34. The quantitative estimate of drug-likeness (QED) is 0.910. The number of carboxylic acids is 1. The van der Waals surface area contributed by atoms with E-state index in [1.807, 2.05) is 12.1 Å². The smallest absolute Gasteiger partial charge is 0.335 e. The average molecular weight is 273 g/mol. The van der Waals surface area contributed by atoms with Gasteiger partial charge in [-0.3, -0.25) is 0 Å². The average Bonchev–Trinajstić information content (AvgIpc) is 2.74. The molecule has 0 bridgehead atoms. The Labute approximate surface area is 120 Å². The minimum Gasteiger partial charge on any atom is -0.478 e. The molecule has 3 heteroatoms. The lowest BCUT2D eigenvalue weighted by Crippen LogP contribution is -2.35. The summed E-state index contributed by atoms with van der Waals surface area (Å²) < 4.78 is 0. The van der Waals surface area contributed by atoms with Gasteiger partial charge in [0.2, 0.25) is 0 Å². The summed E-state index contributed by atoms with van der Waals surface area (Å²) in [5.41, 5.74) is 3.23. The molecule has 1 aliphatic heterocycles. The number of fused-ring (bicyclic) bond motifs is 2. The van der Waals surface area contributed by atoms with Crippen molar-refractivity contribution in [3.05, 3.63) is 29.3 Å². The van der Waals surface area contributed by atoms with Crippen LogP contribution in [0.5, 0.6) is 0 Å². The second-order valence-corrected chi connectivity index (χ2v) is 6.30. The lowest BCUT2D eigenvalue weighted by molar-refractivity contribution is 0.0696. The van der Waals surface area contributed by atoms with E-state index in [2.05, 4.69) is 11.8 Å². The summed E-state index contributed by atoms with van der Waals surface area (Å²) in [4.78, 5) is 13.7. The lowest BCUT2D eigenvalue weighted by atomic mass is 9.70. The molecule has 1 saturated carbocycles. The Bertz CT molecular complexity index is 518. The van der Waals surface area contributed by atoms with Crippen molar-refractivity contribution in [3.8, 4) is 0 Å². The van der Waals surface area contributed by atoms with E-state index in [4.69, 9.17) is 0 Å². The number of nitrogens with zero attached hydrogens (tertiary/aromatic N) is 1. The molecule has 20 heavy (non-hydrogen) atoms. The molecule has 1 fully saturated rings. The highest BCUT2D eigenvalue weighted by molar-refractivity contribution is 5.89. The Balaban J connectivity index is 2.05. The van der Waals surface area contributed by atoms with Crippen molar-refractivity contribution in [1.29, 1.82) is 0 Å². The van der Waals surface area contributed by atoms with Crippen molar-refractivity contribution in [1.82, 2.24) is 0 Å². The van der Waals surface area contributed by atoms with Crippen LogP contribution in [-0.2, 0) is 5.41 Å². The van der Waals surface area contributed by atoms with E-state index in [1.54, 1.807) is 6.07 Å². The predicted molar refractivity (Wildman–Crippen MR) is 80.7 cm³/mol. The second kappa shape index (κ2) is 5.12. The molecule has 3 nitrogen and oxygen atoms in total. The molecule has 3 rings (SSSR count). The summed E-state index contributed by atoms with van der Waals surface area (Å²) >= 11 is 0. The predicted octanol–water partition coefficient (Wildman–Crippen LogP) is 3.82. The van der Waals surface area contributed by atoms with Crippen LogP contribution in [0.3, 0.4) is 0 Å². The standard InChI is InChI=1S/C17H23NO2/c1-2-10-18-12-17(8-4-3-5-9-17)14-11-13(16(19)20)6-7-15(14)18/h6-7,11H,2-5,8-10,12H2,1H3,(H,19,20). The fraction of sp³-hybridized carbons (Fsp3) is 0.588. The van der Waals surface area contributed by atoms with Crippen molar-refractivity contribution < 1.29 is 9.90 Å². The van der Waals surface area contributed by atoms with Crippen molar-refractivity contribution in [3.63, 3.8) is 0 Å². The van der Waals surface area contributed by atoms with Crippen LogP contribution in [0.4, 0.5) is 5.69 Å². The van der Waals surface area contributed by atoms with E-state index < -0.39 is 5.97 Å². The number of hydrogen-bond acceptors (Lipinski definition) is 2. The maximum atomic E-state index is 11.3. The first-order valence-corrected chi connectivity index (χ1v) is 7.79. The highest BCUT2D eigenvalue weighted by atomic mass is 16.4. The number of hydrogen-bond donors (Lipinski definition) is 1. The molecule has 1 aliphatic carbocycles. The molecule has 0 unspecified atom stereocenters. The van der Waals surface area contributed by atoms with Crippen LogP contribution in [0.25, 0.3) is 0 Å². The van der Waals surface area contributed by atoms with Crippen LogP contribution >= 0.6 is 0 Å². The molecule has 1 spiro atoms. The van der Waals surface area contributed by atoms with Gasteiger partial charge in [0.1, 0.15) is 0 Å². The molecule has 0 saturated heterocycles. The summed E-state index contributed by atoms with van der Waals surface area (Å²) in [7, 11) is 0. The van der Waals surface area contributed by atoms with Gasteiger partial charge < -0.3 is 10.0 Å². The van der Waals surface area contributed by atoms with Crippen molar-refractivity contribution in [2.75, 3.05) is 18.0 Å². The molecular formula is C17H23NO2. The molecule has 0 atom stereocenters. The first-order valence-electron chi connectivity index (χ1n) is 7.79. The molecule has 1 heterocycles. The maximum absolute atomic E-state index is 11.3. The number of carbonyl (C=O) groups is 1. The molecule has 0 amide bonds. The van der Waals surface area contributed by atoms with Gasteiger partial charge in [-0.2, -0.15) is 0 Å². The van der Waals surface area contributed by atoms with Gasteiger partial charge in [-0.15, -0.1) is 0 Å². The van der Waals surface area contributed by atoms with E-state index in [0.29, 0.717) is 5.56 Å². The van der Waals surface area contributed by atoms with Gasteiger partial charge in [-0.1, -0.05) is 26.2 Å². The van der Waals surface area contributed by atoms with Gasteiger partial charge >= 0.3 is 5.97 Å². The van der Waals surface area contributed by atoms with Crippen molar-refractivity contribution in [2.45, 2.75) is 50.9 Å². The first-order chi connectivity index (χ1) is 9.66. The van der Waals surface area contributed by atoms with Crippen LogP contribution < -0.4 is 4.90 Å². The zero-order valence-electron chi connectivity index (χ0n) is 12.2. The number of carboxylic acid groups (broad SMARTS) is 1. The fourth-order valence-electron chi connectivity index (χ4n) is 4.03. The van der Waals surface area contributed by atoms with E-state index in [-0.39, 0.29) is 5.41 Å². The van der Waals surface area contributed by atoms with Gasteiger partial charge in [-0.25, -0.2) is 4.79 Å². The molecule has 0 aromatic heterocycles. The molecule has 1 N–H and O–H groups in total. The first kappa shape index (κ1) is 13.5. The van der Waals surface area contributed by atoms with Crippen LogP contribution in [-0.4, -0.2) is 24.2 Å². The van der Waals surface area contributed by atoms with E-state index in [9.17, 15) is 9.90 Å².